The van der Waals surface area contributed by atoms with Gasteiger partial charge in [0, 0.05) is 5.02 Å². The molecule has 2 nitrogen and oxygen atoms in total. The first-order valence-electron chi connectivity index (χ1n) is 3.86. The van der Waals surface area contributed by atoms with Crippen LogP contribution in [0.1, 0.15) is 11.1 Å². The molecule has 1 rings (SSSR count). The molecule has 0 saturated heterocycles. The molecule has 3 N–H and O–H groups in total. The summed E-state index contributed by atoms with van der Waals surface area (Å²) in [6.45, 7) is 0.626. The van der Waals surface area contributed by atoms with Gasteiger partial charge in [-0.2, -0.15) is 0 Å². The van der Waals surface area contributed by atoms with E-state index in [4.69, 9.17) is 22.4 Å². The normalized spacial score (nSPS) is 10.2. The van der Waals surface area contributed by atoms with Crippen LogP contribution in [-0.4, -0.2) is 11.7 Å². The molecule has 0 aromatic heterocycles. The highest BCUT2D eigenvalue weighted by molar-refractivity contribution is 6.31. The quantitative estimate of drug-likeness (QED) is 0.747. The molecule has 0 aliphatic heterocycles. The fourth-order valence-corrected chi connectivity index (χ4v) is 1.35. The van der Waals surface area contributed by atoms with E-state index in [9.17, 15) is 0 Å². The summed E-state index contributed by atoms with van der Waals surface area (Å²) in [5.74, 6) is 0. The van der Waals surface area contributed by atoms with Crippen molar-refractivity contribution < 1.29 is 5.11 Å². The minimum atomic E-state index is 0.0304. The Kier molecular flexibility index (Phi) is 3.53. The van der Waals surface area contributed by atoms with Crippen LogP contribution in [-0.2, 0) is 13.0 Å². The maximum Gasteiger partial charge on any atom is 0.0682 e. The van der Waals surface area contributed by atoms with Crippen molar-refractivity contribution in [2.24, 2.45) is 5.73 Å². The SMILES string of the molecule is NCCc1ccc(CO)cc1Cl. The van der Waals surface area contributed by atoms with Crippen LogP contribution < -0.4 is 5.73 Å². The van der Waals surface area contributed by atoms with E-state index in [1.54, 1.807) is 6.07 Å². The summed E-state index contributed by atoms with van der Waals surface area (Å²) >= 11 is 5.92. The molecular weight excluding hydrogens is 174 g/mol. The van der Waals surface area contributed by atoms with Gasteiger partial charge in [0.15, 0.2) is 0 Å². The van der Waals surface area contributed by atoms with E-state index in [-0.39, 0.29) is 6.61 Å². The van der Waals surface area contributed by atoms with Gasteiger partial charge in [0.25, 0.3) is 0 Å². The molecule has 0 heterocycles. The van der Waals surface area contributed by atoms with Gasteiger partial charge in [-0.25, -0.2) is 0 Å². The smallest absolute Gasteiger partial charge is 0.0682 e. The summed E-state index contributed by atoms with van der Waals surface area (Å²) in [5.41, 5.74) is 7.26. The summed E-state index contributed by atoms with van der Waals surface area (Å²) in [6, 6.07) is 5.53. The summed E-state index contributed by atoms with van der Waals surface area (Å²) < 4.78 is 0. The van der Waals surface area contributed by atoms with Gasteiger partial charge < -0.3 is 10.8 Å². The van der Waals surface area contributed by atoms with Crippen molar-refractivity contribution in [1.82, 2.24) is 0 Å². The van der Waals surface area contributed by atoms with Crippen molar-refractivity contribution in [3.05, 3.63) is 34.3 Å². The second-order valence-corrected chi connectivity index (χ2v) is 3.03. The molecular formula is C9H12ClNO. The number of benzene rings is 1. The van der Waals surface area contributed by atoms with E-state index in [0.29, 0.717) is 11.6 Å². The second kappa shape index (κ2) is 4.45. The molecule has 0 fully saturated rings. The third kappa shape index (κ3) is 2.21. The molecule has 0 bridgehead atoms. The van der Waals surface area contributed by atoms with E-state index in [2.05, 4.69) is 0 Å². The molecule has 0 amide bonds. The maximum atomic E-state index is 8.80. The molecule has 66 valence electrons. The highest BCUT2D eigenvalue weighted by Crippen LogP contribution is 2.17. The number of aliphatic hydroxyl groups is 1. The van der Waals surface area contributed by atoms with Gasteiger partial charge in [-0.05, 0) is 30.2 Å². The van der Waals surface area contributed by atoms with Crippen molar-refractivity contribution in [3.8, 4) is 0 Å². The Morgan fingerprint density at radius 3 is 2.67 bits per heavy atom. The Morgan fingerprint density at radius 1 is 1.42 bits per heavy atom. The number of nitrogens with two attached hydrogens (primary N) is 1. The highest BCUT2D eigenvalue weighted by atomic mass is 35.5. The first-order valence-corrected chi connectivity index (χ1v) is 4.24. The third-order valence-electron chi connectivity index (χ3n) is 1.71. The predicted octanol–water partition coefficient (Wildman–Crippen LogP) is 1.33. The van der Waals surface area contributed by atoms with Crippen LogP contribution in [0.5, 0.6) is 0 Å². The molecule has 0 atom stereocenters. The van der Waals surface area contributed by atoms with E-state index in [0.717, 1.165) is 17.5 Å². The Balaban J connectivity index is 2.87. The average molecular weight is 186 g/mol. The predicted molar refractivity (Wildman–Crippen MR) is 50.1 cm³/mol. The Labute approximate surface area is 77.0 Å². The molecule has 0 saturated carbocycles. The summed E-state index contributed by atoms with van der Waals surface area (Å²) in [7, 11) is 0. The molecule has 1 aromatic rings. The Hall–Kier alpha value is -0.570. The molecule has 0 aliphatic rings. The van der Waals surface area contributed by atoms with Crippen molar-refractivity contribution >= 4 is 11.6 Å². The van der Waals surface area contributed by atoms with Crippen LogP contribution in [0.2, 0.25) is 5.02 Å². The fraction of sp³-hybridized carbons (Fsp3) is 0.333. The number of halogens is 1. The minimum absolute atomic E-state index is 0.0304. The molecule has 0 aliphatic carbocycles. The number of aliphatic hydroxyl groups excluding tert-OH is 1. The lowest BCUT2D eigenvalue weighted by molar-refractivity contribution is 0.282. The van der Waals surface area contributed by atoms with Gasteiger partial charge in [-0.3, -0.25) is 0 Å². The van der Waals surface area contributed by atoms with Crippen LogP contribution in [0.15, 0.2) is 18.2 Å². The fourth-order valence-electron chi connectivity index (χ4n) is 1.05. The van der Waals surface area contributed by atoms with Crippen LogP contribution >= 0.6 is 11.6 Å². The van der Waals surface area contributed by atoms with Crippen LogP contribution in [0.3, 0.4) is 0 Å². The van der Waals surface area contributed by atoms with Gasteiger partial charge in [-0.15, -0.1) is 0 Å². The number of rotatable bonds is 3. The summed E-state index contributed by atoms with van der Waals surface area (Å²) in [6.07, 6.45) is 0.782. The zero-order valence-electron chi connectivity index (χ0n) is 6.76. The van der Waals surface area contributed by atoms with Crippen molar-refractivity contribution in [3.63, 3.8) is 0 Å². The standard InChI is InChI=1S/C9H12ClNO/c10-9-5-7(6-12)1-2-8(9)3-4-11/h1-2,5,12H,3-4,6,11H2. The molecule has 12 heavy (non-hydrogen) atoms. The Morgan fingerprint density at radius 2 is 2.17 bits per heavy atom. The zero-order valence-corrected chi connectivity index (χ0v) is 7.51. The maximum absolute atomic E-state index is 8.80. The van der Waals surface area contributed by atoms with Gasteiger partial charge >= 0.3 is 0 Å². The topological polar surface area (TPSA) is 46.2 Å². The monoisotopic (exact) mass is 185 g/mol. The van der Waals surface area contributed by atoms with Crippen molar-refractivity contribution in [2.45, 2.75) is 13.0 Å². The van der Waals surface area contributed by atoms with Crippen LogP contribution in [0.4, 0.5) is 0 Å². The summed E-state index contributed by atoms with van der Waals surface area (Å²) in [5, 5.41) is 9.49. The van der Waals surface area contributed by atoms with Crippen molar-refractivity contribution in [2.75, 3.05) is 6.54 Å². The molecule has 0 unspecified atom stereocenters. The van der Waals surface area contributed by atoms with E-state index < -0.39 is 0 Å². The van der Waals surface area contributed by atoms with E-state index in [1.807, 2.05) is 12.1 Å². The lowest BCUT2D eigenvalue weighted by atomic mass is 10.1. The molecule has 0 radical (unpaired) electrons. The highest BCUT2D eigenvalue weighted by Gasteiger charge is 1.99. The third-order valence-corrected chi connectivity index (χ3v) is 2.07. The first kappa shape index (κ1) is 9.52. The lowest BCUT2D eigenvalue weighted by Crippen LogP contribution is -2.03. The van der Waals surface area contributed by atoms with Gasteiger partial charge in [-0.1, -0.05) is 23.7 Å². The lowest BCUT2D eigenvalue weighted by Gasteiger charge is -2.03. The average Bonchev–Trinajstić information content (AvgIpc) is 2.09. The first-order chi connectivity index (χ1) is 5.77. The molecule has 3 heteroatoms. The van der Waals surface area contributed by atoms with Gasteiger partial charge in [0.2, 0.25) is 0 Å². The Bertz CT molecular complexity index is 263. The number of hydrogen-bond acceptors (Lipinski definition) is 2. The number of hydrogen-bond donors (Lipinski definition) is 2. The van der Waals surface area contributed by atoms with Crippen molar-refractivity contribution in [1.29, 1.82) is 0 Å². The second-order valence-electron chi connectivity index (χ2n) is 2.62. The summed E-state index contributed by atoms with van der Waals surface area (Å²) in [4.78, 5) is 0. The largest absolute Gasteiger partial charge is 0.392 e. The molecule has 0 spiro atoms. The van der Waals surface area contributed by atoms with Crippen LogP contribution in [0, 0.1) is 0 Å². The van der Waals surface area contributed by atoms with Crippen LogP contribution in [0.25, 0.3) is 0 Å². The van der Waals surface area contributed by atoms with Gasteiger partial charge in [0.1, 0.15) is 0 Å². The molecule has 1 aromatic carbocycles. The minimum Gasteiger partial charge on any atom is -0.392 e. The van der Waals surface area contributed by atoms with E-state index in [1.165, 1.54) is 0 Å². The van der Waals surface area contributed by atoms with E-state index >= 15 is 0 Å². The van der Waals surface area contributed by atoms with Gasteiger partial charge in [0.05, 0.1) is 6.61 Å². The zero-order chi connectivity index (χ0) is 8.97.